The van der Waals surface area contributed by atoms with E-state index in [-0.39, 0.29) is 11.8 Å². The molecule has 0 radical (unpaired) electrons. The zero-order valence-corrected chi connectivity index (χ0v) is 14.0. The molecule has 0 bridgehead atoms. The monoisotopic (exact) mass is 336 g/mol. The lowest BCUT2D eigenvalue weighted by Crippen LogP contribution is -2.36. The molecule has 2 amide bonds. The molecule has 2 aromatic carbocycles. The number of aromatic hydroxyl groups is 1. The van der Waals surface area contributed by atoms with E-state index < -0.39 is 6.03 Å². The molecule has 0 saturated carbocycles. The summed E-state index contributed by atoms with van der Waals surface area (Å²) < 4.78 is 8.06. The van der Waals surface area contributed by atoms with Crippen molar-refractivity contribution in [1.82, 2.24) is 10.3 Å². The van der Waals surface area contributed by atoms with Crippen LogP contribution in [0.2, 0.25) is 1.41 Å². The molecule has 0 fully saturated rings. The molecule has 0 spiro atoms. The number of hydrogen-bond donors (Lipinski definition) is 3. The number of nitrogens with one attached hydrogen (secondary N) is 2. The molecule has 0 aliphatic rings. The summed E-state index contributed by atoms with van der Waals surface area (Å²) in [5.41, 5.74) is 2.47. The molecule has 25 heavy (non-hydrogen) atoms. The highest BCUT2D eigenvalue weighted by atomic mass is 16.3. The fourth-order valence-corrected chi connectivity index (χ4v) is 2.60. The van der Waals surface area contributed by atoms with Gasteiger partial charge in [-0.05, 0) is 55.7 Å². The van der Waals surface area contributed by atoms with Crippen LogP contribution in [-0.4, -0.2) is 22.2 Å². The van der Waals surface area contributed by atoms with Crippen molar-refractivity contribution >= 4 is 22.6 Å². The van der Waals surface area contributed by atoms with E-state index in [0.29, 0.717) is 12.1 Å². The summed E-state index contributed by atoms with van der Waals surface area (Å²) in [4.78, 5) is 16.6. The summed E-state index contributed by atoms with van der Waals surface area (Å²) in [6, 6.07) is 15.5. The molecule has 5 nitrogen and oxygen atoms in total. The van der Waals surface area contributed by atoms with E-state index in [0.717, 1.165) is 28.2 Å². The first-order valence-corrected chi connectivity index (χ1v) is 8.25. The van der Waals surface area contributed by atoms with Gasteiger partial charge in [-0.25, -0.2) is 4.79 Å². The number of rotatable bonds is 5. The van der Waals surface area contributed by atoms with Gasteiger partial charge in [0.15, 0.2) is 1.41 Å². The van der Waals surface area contributed by atoms with E-state index in [1.807, 2.05) is 37.3 Å². The number of carbonyl (C=O) groups excluding carboxylic acids is 1. The van der Waals surface area contributed by atoms with Gasteiger partial charge < -0.3 is 15.7 Å². The van der Waals surface area contributed by atoms with Crippen LogP contribution >= 0.6 is 0 Å². The Morgan fingerprint density at radius 2 is 2.04 bits per heavy atom. The van der Waals surface area contributed by atoms with E-state index in [4.69, 9.17) is 1.41 Å². The third-order valence-electron chi connectivity index (χ3n) is 3.98. The summed E-state index contributed by atoms with van der Waals surface area (Å²) in [6.45, 7) is 1.84. The van der Waals surface area contributed by atoms with Gasteiger partial charge in [-0.15, -0.1) is 0 Å². The maximum absolute atomic E-state index is 12.3. The first-order valence-electron chi connectivity index (χ1n) is 8.69. The summed E-state index contributed by atoms with van der Waals surface area (Å²) in [6.07, 6.45) is 3.08. The van der Waals surface area contributed by atoms with Gasteiger partial charge in [0.05, 0.1) is 5.52 Å². The fourth-order valence-electron chi connectivity index (χ4n) is 2.60. The van der Waals surface area contributed by atoms with Gasteiger partial charge >= 0.3 is 6.03 Å². The zero-order chi connectivity index (χ0) is 18.5. The van der Waals surface area contributed by atoms with Crippen molar-refractivity contribution in [2.45, 2.75) is 25.8 Å². The molecule has 0 aliphatic carbocycles. The van der Waals surface area contributed by atoms with Crippen molar-refractivity contribution in [2.24, 2.45) is 0 Å². The number of phenolic OH excluding ortho intramolecular Hbond substituents is 1. The second kappa shape index (κ2) is 7.66. The smallest absolute Gasteiger partial charge is 0.319 e. The van der Waals surface area contributed by atoms with Gasteiger partial charge in [0, 0.05) is 23.3 Å². The molecule has 1 heterocycles. The van der Waals surface area contributed by atoms with Gasteiger partial charge in [0.1, 0.15) is 5.75 Å². The molecule has 3 aromatic rings. The van der Waals surface area contributed by atoms with Crippen LogP contribution in [0.1, 0.15) is 18.9 Å². The number of aryl methyl sites for hydroxylation is 1. The summed E-state index contributed by atoms with van der Waals surface area (Å²) in [5.74, 6) is 0.230. The van der Waals surface area contributed by atoms with Gasteiger partial charge in [-0.2, -0.15) is 0 Å². The highest BCUT2D eigenvalue weighted by Gasteiger charge is 2.08. The largest absolute Gasteiger partial charge is 0.508 e. The average molecular weight is 336 g/mol. The number of urea groups is 1. The summed E-state index contributed by atoms with van der Waals surface area (Å²) in [7, 11) is 0. The van der Waals surface area contributed by atoms with Crippen LogP contribution < -0.4 is 10.6 Å². The lowest BCUT2D eigenvalue weighted by atomic mass is 10.1. The highest BCUT2D eigenvalue weighted by molar-refractivity contribution is 5.92. The van der Waals surface area contributed by atoms with E-state index in [2.05, 4.69) is 10.3 Å². The third kappa shape index (κ3) is 4.70. The van der Waals surface area contributed by atoms with Crippen LogP contribution in [0, 0.1) is 0 Å². The Hall–Kier alpha value is -3.08. The van der Waals surface area contributed by atoms with Crippen LogP contribution in [0.15, 0.2) is 60.8 Å². The molecule has 1 atom stereocenters. The van der Waals surface area contributed by atoms with Crippen LogP contribution in [0.4, 0.5) is 10.5 Å². The molecule has 0 saturated heterocycles. The Labute approximate surface area is 148 Å². The molecule has 1 aromatic heterocycles. The minimum atomic E-state index is -0.474. The number of phenols is 1. The van der Waals surface area contributed by atoms with Crippen molar-refractivity contribution in [2.75, 3.05) is 5.32 Å². The Balaban J connectivity index is 1.57. The number of hydrogen-bond acceptors (Lipinski definition) is 3. The number of pyridine rings is 1. The Kier molecular flexibility index (Phi) is 4.73. The lowest BCUT2D eigenvalue weighted by Gasteiger charge is -2.15. The maximum atomic E-state index is 12.3. The van der Waals surface area contributed by atoms with E-state index in [1.165, 1.54) is 0 Å². The van der Waals surface area contributed by atoms with E-state index in [9.17, 15) is 9.90 Å². The molecule has 5 heteroatoms. The first kappa shape index (κ1) is 15.4. The Bertz CT molecular complexity index is 899. The van der Waals surface area contributed by atoms with Gasteiger partial charge in [-0.1, -0.05) is 24.3 Å². The molecule has 3 rings (SSSR count). The molecule has 3 N–H and O–H groups in total. The van der Waals surface area contributed by atoms with Crippen LogP contribution in [-0.2, 0) is 6.42 Å². The molecular formula is C20H21N3O2. The van der Waals surface area contributed by atoms with Crippen molar-refractivity contribution in [3.05, 3.63) is 66.4 Å². The highest BCUT2D eigenvalue weighted by Crippen LogP contribution is 2.17. The van der Waals surface area contributed by atoms with Crippen LogP contribution in [0.25, 0.3) is 10.9 Å². The number of amides is 2. The summed E-state index contributed by atoms with van der Waals surface area (Å²) >= 11 is 0. The standard InChI is InChI=1S/C20H21N3O2/c1-14(4-5-15-6-10-18(24)11-7-15)22-20(25)23-17-9-8-16-3-2-12-21-19(16)13-17/h2-3,6-14,24H,4-5H2,1H3,(H2,22,23,25)/i/hD. The predicted molar refractivity (Wildman–Crippen MR) is 99.8 cm³/mol. The minimum Gasteiger partial charge on any atom is -0.508 e. The first-order chi connectivity index (χ1) is 12.5. The van der Waals surface area contributed by atoms with Gasteiger partial charge in [0.25, 0.3) is 0 Å². The number of nitrogens with zero attached hydrogens (tertiary/aromatic N) is 1. The second-order valence-electron chi connectivity index (χ2n) is 6.02. The number of benzene rings is 2. The van der Waals surface area contributed by atoms with Gasteiger partial charge in [0.2, 0.25) is 0 Å². The van der Waals surface area contributed by atoms with Crippen LogP contribution in [0.3, 0.4) is 0 Å². The lowest BCUT2D eigenvalue weighted by molar-refractivity contribution is 0.248. The van der Waals surface area contributed by atoms with E-state index >= 15 is 0 Å². The average Bonchev–Trinajstić information content (AvgIpc) is 2.66. The molecular weight excluding hydrogens is 314 g/mol. The van der Waals surface area contributed by atoms with Crippen molar-refractivity contribution in [3.8, 4) is 5.75 Å². The fraction of sp³-hybridized carbons (Fsp3) is 0.200. The number of carbonyl (C=O) groups is 1. The molecule has 1 unspecified atom stereocenters. The minimum absolute atomic E-state index is 0.230. The number of fused-ring (bicyclic) bond motifs is 1. The van der Waals surface area contributed by atoms with Crippen molar-refractivity contribution < 1.29 is 11.3 Å². The summed E-state index contributed by atoms with van der Waals surface area (Å²) in [5, 5.41) is 14.0. The normalized spacial score (nSPS) is 12.4. The third-order valence-corrected chi connectivity index (χ3v) is 3.98. The second-order valence-corrected chi connectivity index (χ2v) is 6.02. The van der Waals surface area contributed by atoms with Gasteiger partial charge in [-0.3, -0.25) is 4.98 Å². The maximum Gasteiger partial charge on any atom is 0.319 e. The Morgan fingerprint density at radius 3 is 2.84 bits per heavy atom. The molecule has 128 valence electrons. The number of aromatic nitrogens is 1. The molecule has 0 aliphatic heterocycles. The SMILES string of the molecule is [2H]N(C(=O)Nc1ccc2cccnc2c1)C(C)CCc1ccc(O)cc1. The Morgan fingerprint density at radius 1 is 1.24 bits per heavy atom. The van der Waals surface area contributed by atoms with E-state index in [1.54, 1.807) is 30.5 Å². The van der Waals surface area contributed by atoms with Crippen LogP contribution in [0.5, 0.6) is 5.75 Å². The number of anilines is 1. The predicted octanol–water partition coefficient (Wildman–Crippen LogP) is 4.08. The topological polar surface area (TPSA) is 74.2 Å². The van der Waals surface area contributed by atoms with Crippen molar-refractivity contribution in [1.29, 1.82) is 0 Å². The van der Waals surface area contributed by atoms with Crippen molar-refractivity contribution in [3.63, 3.8) is 0 Å². The zero-order valence-electron chi connectivity index (χ0n) is 15.0. The quantitative estimate of drug-likeness (QED) is 0.657.